The minimum absolute atomic E-state index is 0.275. The van der Waals surface area contributed by atoms with Crippen molar-refractivity contribution in [1.82, 2.24) is 0 Å². The van der Waals surface area contributed by atoms with Crippen LogP contribution in [0.4, 0.5) is 5.69 Å². The third-order valence-electron chi connectivity index (χ3n) is 4.02. The van der Waals surface area contributed by atoms with Crippen molar-refractivity contribution in [2.45, 2.75) is 0 Å². The number of ketones is 2. The molecule has 7 heteroatoms. The quantitative estimate of drug-likeness (QED) is 0.309. The maximum Gasteiger partial charge on any atom is 0.356 e. The number of carbonyl (C=O) groups excluding carboxylic acids is 4. The molecule has 0 saturated heterocycles. The molecular weight excluding hydrogens is 426 g/mol. The molecule has 3 rings (SSSR count). The Hall–Kier alpha value is -3.32. The van der Waals surface area contributed by atoms with E-state index in [4.69, 9.17) is 4.74 Å². The zero-order chi connectivity index (χ0) is 20.3. The van der Waals surface area contributed by atoms with Gasteiger partial charge in [0.2, 0.25) is 0 Å². The Bertz CT molecular complexity index is 1020. The smallest absolute Gasteiger partial charge is 0.356 e. The van der Waals surface area contributed by atoms with E-state index in [0.717, 1.165) is 28.1 Å². The molecule has 1 amide bonds. The van der Waals surface area contributed by atoms with E-state index in [9.17, 15) is 19.2 Å². The fraction of sp³-hybridized carbons (Fsp3) is 0.0476. The van der Waals surface area contributed by atoms with Gasteiger partial charge in [0.1, 0.15) is 5.57 Å². The van der Waals surface area contributed by atoms with E-state index < -0.39 is 29.0 Å². The minimum atomic E-state index is -1.05. The maximum absolute atomic E-state index is 12.7. The molecule has 140 valence electrons. The van der Waals surface area contributed by atoms with Gasteiger partial charge >= 0.3 is 11.9 Å². The summed E-state index contributed by atoms with van der Waals surface area (Å²) in [6.07, 6.45) is 2.66. The number of esters is 1. The van der Waals surface area contributed by atoms with Crippen molar-refractivity contribution in [1.29, 1.82) is 0 Å². The topological polar surface area (TPSA) is 80.8 Å². The van der Waals surface area contributed by atoms with Crippen molar-refractivity contribution in [2.75, 3.05) is 12.0 Å². The molecule has 0 unspecified atom stereocenters. The van der Waals surface area contributed by atoms with Gasteiger partial charge in [-0.05, 0) is 35.9 Å². The van der Waals surface area contributed by atoms with Crippen molar-refractivity contribution < 1.29 is 23.9 Å². The summed E-state index contributed by atoms with van der Waals surface area (Å²) in [5, 5.41) is 0. The Morgan fingerprint density at radius 3 is 2.25 bits per heavy atom. The van der Waals surface area contributed by atoms with Crippen molar-refractivity contribution in [3.63, 3.8) is 0 Å². The molecule has 0 atom stereocenters. The third kappa shape index (κ3) is 3.70. The second kappa shape index (κ2) is 8.14. The largest absolute Gasteiger partial charge is 0.464 e. The van der Waals surface area contributed by atoms with Gasteiger partial charge < -0.3 is 4.74 Å². The average Bonchev–Trinajstić information content (AvgIpc) is 2.98. The number of ether oxygens (including phenoxy) is 1. The van der Waals surface area contributed by atoms with Crippen LogP contribution >= 0.6 is 15.9 Å². The van der Waals surface area contributed by atoms with Gasteiger partial charge in [0, 0.05) is 10.2 Å². The Labute approximate surface area is 169 Å². The minimum Gasteiger partial charge on any atom is -0.464 e. The molecule has 0 aliphatic carbocycles. The summed E-state index contributed by atoms with van der Waals surface area (Å²) in [4.78, 5) is 51.0. The molecule has 2 aromatic carbocycles. The lowest BCUT2D eigenvalue weighted by Gasteiger charge is -2.18. The molecule has 2 aromatic rings. The summed E-state index contributed by atoms with van der Waals surface area (Å²) in [6, 6.07) is 15.4. The molecule has 1 aliphatic rings. The number of rotatable bonds is 5. The first-order valence-corrected chi connectivity index (χ1v) is 8.97. The lowest BCUT2D eigenvalue weighted by atomic mass is 10.1. The highest BCUT2D eigenvalue weighted by molar-refractivity contribution is 9.10. The summed E-state index contributed by atoms with van der Waals surface area (Å²) in [7, 11) is 1.12. The Morgan fingerprint density at radius 1 is 1.00 bits per heavy atom. The van der Waals surface area contributed by atoms with Crippen LogP contribution in [0.5, 0.6) is 0 Å². The van der Waals surface area contributed by atoms with E-state index in [2.05, 4.69) is 15.9 Å². The molecule has 0 fully saturated rings. The van der Waals surface area contributed by atoms with Crippen LogP contribution in [0.3, 0.4) is 0 Å². The molecule has 1 heterocycles. The molecule has 0 saturated carbocycles. The molecule has 0 bridgehead atoms. The van der Waals surface area contributed by atoms with Crippen LogP contribution in [0, 0.1) is 0 Å². The molecule has 1 aliphatic heterocycles. The van der Waals surface area contributed by atoms with Crippen molar-refractivity contribution >= 4 is 51.1 Å². The van der Waals surface area contributed by atoms with Crippen molar-refractivity contribution in [3.8, 4) is 0 Å². The van der Waals surface area contributed by atoms with Crippen LogP contribution in [0.25, 0.3) is 6.08 Å². The summed E-state index contributed by atoms with van der Waals surface area (Å²) in [5.41, 5.74) is 0.115. The monoisotopic (exact) mass is 439 g/mol. The number of halogens is 1. The SMILES string of the molecule is COC(=O)C1=C(C(=O)C=Cc2ccccc2)C(=O)C(=O)N1c1ccc(Br)cc1. The zero-order valence-electron chi connectivity index (χ0n) is 14.7. The van der Waals surface area contributed by atoms with Crippen LogP contribution in [-0.2, 0) is 23.9 Å². The van der Waals surface area contributed by atoms with E-state index in [1.54, 1.807) is 48.5 Å². The van der Waals surface area contributed by atoms with Crippen LogP contribution in [0.1, 0.15) is 5.56 Å². The van der Waals surface area contributed by atoms with Crippen LogP contribution in [-0.4, -0.2) is 30.6 Å². The van der Waals surface area contributed by atoms with Gasteiger partial charge in [-0.2, -0.15) is 0 Å². The molecule has 28 heavy (non-hydrogen) atoms. The number of methoxy groups -OCH3 is 1. The summed E-state index contributed by atoms with van der Waals surface area (Å²) >= 11 is 3.28. The highest BCUT2D eigenvalue weighted by Crippen LogP contribution is 2.31. The van der Waals surface area contributed by atoms with Gasteiger partial charge in [-0.3, -0.25) is 19.3 Å². The first-order chi connectivity index (χ1) is 13.4. The molecule has 6 nitrogen and oxygen atoms in total. The second-order valence-corrected chi connectivity index (χ2v) is 6.69. The first kappa shape index (κ1) is 19.4. The summed E-state index contributed by atoms with van der Waals surface area (Å²) < 4.78 is 5.47. The van der Waals surface area contributed by atoms with Crippen molar-refractivity contribution in [3.05, 3.63) is 82.0 Å². The highest BCUT2D eigenvalue weighted by Gasteiger charge is 2.45. The van der Waals surface area contributed by atoms with Gasteiger partial charge in [-0.25, -0.2) is 4.79 Å². The number of amides is 1. The Kier molecular flexibility index (Phi) is 5.65. The summed E-state index contributed by atoms with van der Waals surface area (Å²) in [5.74, 6) is -3.73. The normalized spacial score (nSPS) is 14.1. The van der Waals surface area contributed by atoms with Gasteiger partial charge in [0.15, 0.2) is 11.5 Å². The summed E-state index contributed by atoms with van der Waals surface area (Å²) in [6.45, 7) is 0. The number of anilines is 1. The number of carbonyl (C=O) groups is 4. The van der Waals surface area contributed by atoms with Crippen molar-refractivity contribution in [2.24, 2.45) is 0 Å². The number of hydrogen-bond donors (Lipinski definition) is 0. The highest BCUT2D eigenvalue weighted by atomic mass is 79.9. The Morgan fingerprint density at radius 2 is 1.64 bits per heavy atom. The zero-order valence-corrected chi connectivity index (χ0v) is 16.3. The fourth-order valence-corrected chi connectivity index (χ4v) is 2.97. The van der Waals surface area contributed by atoms with E-state index >= 15 is 0 Å². The fourth-order valence-electron chi connectivity index (χ4n) is 2.70. The third-order valence-corrected chi connectivity index (χ3v) is 4.55. The molecule has 0 N–H and O–H groups in total. The van der Waals surface area contributed by atoms with E-state index in [1.165, 1.54) is 6.08 Å². The van der Waals surface area contributed by atoms with E-state index in [0.29, 0.717) is 0 Å². The molecule has 0 spiro atoms. The predicted octanol–water partition coefficient (Wildman–Crippen LogP) is 3.07. The molecular formula is C21H14BrNO5. The number of allylic oxidation sites excluding steroid dienone is 1. The molecule has 0 aromatic heterocycles. The maximum atomic E-state index is 12.7. The van der Waals surface area contributed by atoms with E-state index in [1.807, 2.05) is 6.07 Å². The van der Waals surface area contributed by atoms with Gasteiger partial charge in [0.05, 0.1) is 7.11 Å². The Balaban J connectivity index is 2.07. The second-order valence-electron chi connectivity index (χ2n) is 5.77. The lowest BCUT2D eigenvalue weighted by Crippen LogP contribution is -2.31. The van der Waals surface area contributed by atoms with Gasteiger partial charge in [-0.1, -0.05) is 52.3 Å². The van der Waals surface area contributed by atoms with Gasteiger partial charge in [-0.15, -0.1) is 0 Å². The lowest BCUT2D eigenvalue weighted by molar-refractivity contribution is -0.136. The standard InChI is InChI=1S/C21H14BrNO5/c1-28-21(27)18-17(16(24)12-7-13-5-3-2-4-6-13)19(25)20(26)23(18)15-10-8-14(22)9-11-15/h2-12H,1H3. The predicted molar refractivity (Wildman–Crippen MR) is 106 cm³/mol. The number of nitrogens with zero attached hydrogens (tertiary/aromatic N) is 1. The first-order valence-electron chi connectivity index (χ1n) is 8.18. The number of Topliss-reactive ketones (excluding diaryl/α,β-unsaturated/α-hetero) is 1. The van der Waals surface area contributed by atoms with E-state index in [-0.39, 0.29) is 11.4 Å². The van der Waals surface area contributed by atoms with Gasteiger partial charge in [0.25, 0.3) is 5.78 Å². The average molecular weight is 440 g/mol. The van der Waals surface area contributed by atoms with Crippen LogP contribution in [0.2, 0.25) is 0 Å². The number of benzene rings is 2. The number of hydrogen-bond acceptors (Lipinski definition) is 5. The van der Waals surface area contributed by atoms with Crippen LogP contribution < -0.4 is 4.90 Å². The van der Waals surface area contributed by atoms with Crippen LogP contribution in [0.15, 0.2) is 76.4 Å². The molecule has 0 radical (unpaired) electrons.